The molecule has 3 fully saturated rings. The maximum atomic E-state index is 14.2. The topological polar surface area (TPSA) is 104 Å². The highest BCUT2D eigenvalue weighted by Crippen LogP contribution is 2.47. The number of halogens is 2. The summed E-state index contributed by atoms with van der Waals surface area (Å²) >= 11 is 1.64. The predicted molar refractivity (Wildman–Crippen MR) is 161 cm³/mol. The number of pyridine rings is 1. The van der Waals surface area contributed by atoms with Crippen LogP contribution >= 0.6 is 11.3 Å². The van der Waals surface area contributed by atoms with Gasteiger partial charge in [0.2, 0.25) is 0 Å². The summed E-state index contributed by atoms with van der Waals surface area (Å²) in [5.41, 5.74) is 8.96. The number of piperidine rings is 3. The van der Waals surface area contributed by atoms with Gasteiger partial charge in [-0.05, 0) is 74.4 Å². The van der Waals surface area contributed by atoms with Crippen molar-refractivity contribution < 1.29 is 18.4 Å². The van der Waals surface area contributed by atoms with Gasteiger partial charge in [0.15, 0.2) is 0 Å². The number of likely N-dealkylation sites (tertiary alicyclic amines) is 1. The minimum Gasteiger partial charge on any atom is -0.383 e. The average molecular weight is 597 g/mol. The number of hydrogen-bond acceptors (Lipinski definition) is 7. The number of benzene rings is 1. The van der Waals surface area contributed by atoms with E-state index in [1.807, 2.05) is 32.2 Å². The second-order valence-corrected chi connectivity index (χ2v) is 13.5. The number of nitrogens with two attached hydrogens (primary N) is 1. The first-order valence-corrected chi connectivity index (χ1v) is 15.7. The normalized spacial score (nSPS) is 27.6. The second-order valence-electron chi connectivity index (χ2n) is 12.4. The van der Waals surface area contributed by atoms with Gasteiger partial charge in [0, 0.05) is 37.4 Å². The Hall–Kier alpha value is -3.18. The van der Waals surface area contributed by atoms with Gasteiger partial charge in [0.05, 0.1) is 33.2 Å². The van der Waals surface area contributed by atoms with E-state index in [1.54, 1.807) is 22.3 Å². The molecule has 2 amide bonds. The molecule has 0 saturated carbocycles. The summed E-state index contributed by atoms with van der Waals surface area (Å²) in [6.45, 7) is 4.53. The number of fused-ring (bicyclic) bond motifs is 3. The summed E-state index contributed by atoms with van der Waals surface area (Å²) in [6.07, 6.45) is 5.03. The lowest BCUT2D eigenvalue weighted by Crippen LogP contribution is -2.55. The highest BCUT2D eigenvalue weighted by Gasteiger charge is 2.48. The van der Waals surface area contributed by atoms with Crippen molar-refractivity contribution in [3.05, 3.63) is 46.6 Å². The quantitative estimate of drug-likeness (QED) is 0.372. The molecule has 4 atom stereocenters. The van der Waals surface area contributed by atoms with Crippen LogP contribution in [0.15, 0.2) is 30.5 Å². The lowest BCUT2D eigenvalue weighted by Gasteiger charge is -2.49. The van der Waals surface area contributed by atoms with Crippen LogP contribution in [0.25, 0.3) is 10.2 Å². The summed E-state index contributed by atoms with van der Waals surface area (Å²) < 4.78 is 29.5. The molecule has 2 aromatic heterocycles. The molecule has 2 bridgehead atoms. The fourth-order valence-electron chi connectivity index (χ4n) is 7.07. The smallest absolute Gasteiger partial charge is 0.313 e. The van der Waals surface area contributed by atoms with Gasteiger partial charge in [-0.25, -0.2) is 18.7 Å². The number of anilines is 2. The standard InChI is InChI=1S/C31H38F2N6O2S/c1-4-18-9-21(15-35-27(18)34)36-28(40)30(41)39-16-17(2)5-7-25(39)19-6-8-26-24(12-19)37-29(42-26)20-10-22-13-31(32,33)14-23(11-20)38(22)3/h6,8-9,12,15,17,20,22-23,25H,4-5,7,10-11,13-14,16H2,1-3H3,(H2,34,35)(H,36,40)/t17-,22-,23-,25+/m0/s1. The maximum absolute atomic E-state index is 14.2. The van der Waals surface area contributed by atoms with Crippen LogP contribution in [-0.4, -0.2) is 63.2 Å². The van der Waals surface area contributed by atoms with Crippen molar-refractivity contribution in [1.29, 1.82) is 0 Å². The van der Waals surface area contributed by atoms with E-state index < -0.39 is 17.7 Å². The number of nitrogens with zero attached hydrogens (tertiary/aromatic N) is 4. The van der Waals surface area contributed by atoms with Gasteiger partial charge in [-0.2, -0.15) is 0 Å². The molecule has 3 N–H and O–H groups in total. The summed E-state index contributed by atoms with van der Waals surface area (Å²) in [7, 11) is 1.97. The number of carbonyl (C=O) groups excluding carboxylic acids is 2. The van der Waals surface area contributed by atoms with Gasteiger partial charge in [0.25, 0.3) is 5.92 Å². The number of nitrogens with one attached hydrogen (secondary N) is 1. The molecule has 8 nitrogen and oxygen atoms in total. The molecule has 6 rings (SSSR count). The largest absolute Gasteiger partial charge is 0.383 e. The number of carbonyl (C=O) groups is 2. The molecule has 42 heavy (non-hydrogen) atoms. The Bertz CT molecular complexity index is 1490. The molecule has 0 spiro atoms. The molecule has 0 aliphatic carbocycles. The van der Waals surface area contributed by atoms with E-state index in [1.165, 1.54) is 6.20 Å². The van der Waals surface area contributed by atoms with Gasteiger partial charge in [-0.15, -0.1) is 11.3 Å². The minimum absolute atomic E-state index is 0.0856. The number of rotatable bonds is 4. The van der Waals surface area contributed by atoms with Gasteiger partial charge in [-0.1, -0.05) is 19.9 Å². The van der Waals surface area contributed by atoms with Gasteiger partial charge >= 0.3 is 11.8 Å². The molecule has 1 aromatic carbocycles. The fourth-order valence-corrected chi connectivity index (χ4v) is 8.14. The van der Waals surface area contributed by atoms with E-state index in [0.717, 1.165) is 39.2 Å². The number of nitrogen functional groups attached to an aromatic ring is 1. The number of hydrogen-bond donors (Lipinski definition) is 2. The molecule has 3 aromatic rings. The second kappa shape index (κ2) is 11.1. The molecule has 224 valence electrons. The van der Waals surface area contributed by atoms with E-state index in [0.29, 0.717) is 37.3 Å². The van der Waals surface area contributed by atoms with Crippen molar-refractivity contribution >= 4 is 44.9 Å². The highest BCUT2D eigenvalue weighted by molar-refractivity contribution is 7.18. The Morgan fingerprint density at radius 2 is 1.90 bits per heavy atom. The first kappa shape index (κ1) is 28.9. The van der Waals surface area contributed by atoms with Crippen LogP contribution in [0.1, 0.15) is 80.5 Å². The third-order valence-electron chi connectivity index (χ3n) is 9.41. The number of thiazole rings is 1. The number of aromatic nitrogens is 2. The number of amides is 2. The predicted octanol–water partition coefficient (Wildman–Crippen LogP) is 5.75. The van der Waals surface area contributed by atoms with Crippen molar-refractivity contribution in [2.75, 3.05) is 24.6 Å². The van der Waals surface area contributed by atoms with Crippen molar-refractivity contribution in [3.8, 4) is 0 Å². The minimum atomic E-state index is -2.59. The fraction of sp³-hybridized carbons (Fsp3) is 0.548. The molecule has 3 saturated heterocycles. The van der Waals surface area contributed by atoms with Crippen molar-refractivity contribution in [3.63, 3.8) is 0 Å². The zero-order chi connectivity index (χ0) is 29.8. The monoisotopic (exact) mass is 596 g/mol. The zero-order valence-electron chi connectivity index (χ0n) is 24.3. The van der Waals surface area contributed by atoms with Crippen LogP contribution in [0, 0.1) is 5.92 Å². The Morgan fingerprint density at radius 1 is 1.17 bits per heavy atom. The summed E-state index contributed by atoms with van der Waals surface area (Å²) in [6, 6.07) is 7.36. The van der Waals surface area contributed by atoms with Gasteiger partial charge in [-0.3, -0.25) is 14.5 Å². The molecule has 0 unspecified atom stereocenters. The van der Waals surface area contributed by atoms with E-state index in [9.17, 15) is 18.4 Å². The number of aryl methyl sites for hydroxylation is 1. The van der Waals surface area contributed by atoms with E-state index >= 15 is 0 Å². The molecule has 0 radical (unpaired) electrons. The molecule has 11 heteroatoms. The summed E-state index contributed by atoms with van der Waals surface area (Å²) in [5, 5.41) is 3.72. The Kier molecular flexibility index (Phi) is 7.67. The molecule has 3 aliphatic heterocycles. The Balaban J connectivity index is 1.21. The maximum Gasteiger partial charge on any atom is 0.313 e. The lowest BCUT2D eigenvalue weighted by molar-refractivity contribution is -0.146. The third kappa shape index (κ3) is 5.60. The summed E-state index contributed by atoms with van der Waals surface area (Å²) in [5.74, 6) is -3.01. The van der Waals surface area contributed by atoms with Crippen molar-refractivity contribution in [2.24, 2.45) is 5.92 Å². The molecular formula is C31H38F2N6O2S. The van der Waals surface area contributed by atoms with E-state index in [2.05, 4.69) is 22.1 Å². The number of alkyl halides is 2. The molecular weight excluding hydrogens is 558 g/mol. The zero-order valence-corrected chi connectivity index (χ0v) is 25.1. The van der Waals surface area contributed by atoms with Crippen LogP contribution in [0.3, 0.4) is 0 Å². The Labute approximate surface area is 248 Å². The highest BCUT2D eigenvalue weighted by atomic mass is 32.1. The molecule has 5 heterocycles. The van der Waals surface area contributed by atoms with E-state index in [-0.39, 0.29) is 42.8 Å². The van der Waals surface area contributed by atoms with Crippen LogP contribution in [0.2, 0.25) is 0 Å². The van der Waals surface area contributed by atoms with Crippen LogP contribution in [0.4, 0.5) is 20.3 Å². The Morgan fingerprint density at radius 3 is 2.62 bits per heavy atom. The SMILES string of the molecule is CCc1cc(NC(=O)C(=O)N2C[C@@H](C)CC[C@@H]2c2ccc3sc(C4C[C@H]5CC(F)(F)C[C@H](C4)N5C)nc3c2)cnc1N. The van der Waals surface area contributed by atoms with Crippen LogP contribution < -0.4 is 11.1 Å². The van der Waals surface area contributed by atoms with Crippen LogP contribution in [0.5, 0.6) is 0 Å². The average Bonchev–Trinajstić information content (AvgIpc) is 3.38. The first-order valence-electron chi connectivity index (χ1n) is 14.9. The first-order chi connectivity index (χ1) is 20.0. The molecule has 3 aliphatic rings. The van der Waals surface area contributed by atoms with Crippen molar-refractivity contribution in [2.45, 2.75) is 88.8 Å². The van der Waals surface area contributed by atoms with Crippen LogP contribution in [-0.2, 0) is 16.0 Å². The van der Waals surface area contributed by atoms with Crippen molar-refractivity contribution in [1.82, 2.24) is 19.8 Å². The summed E-state index contributed by atoms with van der Waals surface area (Å²) in [4.78, 5) is 39.5. The third-order valence-corrected chi connectivity index (χ3v) is 10.6. The van der Waals surface area contributed by atoms with Gasteiger partial charge < -0.3 is 16.0 Å². The lowest BCUT2D eigenvalue weighted by atomic mass is 9.77. The van der Waals surface area contributed by atoms with E-state index in [4.69, 9.17) is 10.7 Å². The van der Waals surface area contributed by atoms with Gasteiger partial charge in [0.1, 0.15) is 5.82 Å².